The van der Waals surface area contributed by atoms with E-state index in [1.54, 1.807) is 12.7 Å². The second-order valence-corrected chi connectivity index (χ2v) is 5.30. The van der Waals surface area contributed by atoms with Crippen LogP contribution in [0.3, 0.4) is 0 Å². The summed E-state index contributed by atoms with van der Waals surface area (Å²) in [5.74, 6) is 1.74. The highest BCUT2D eigenvalue weighted by Gasteiger charge is 2.37. The zero-order chi connectivity index (χ0) is 12.7. The maximum Gasteiger partial charge on any atom is 0.182 e. The lowest BCUT2D eigenvalue weighted by molar-refractivity contribution is 0.0505. The molecule has 1 N–H and O–H groups in total. The topological polar surface area (TPSA) is 66.9 Å². The summed E-state index contributed by atoms with van der Waals surface area (Å²) in [4.78, 5) is 18.4. The van der Waals surface area contributed by atoms with Gasteiger partial charge in [0.15, 0.2) is 11.5 Å². The number of hydrogen-bond acceptors (Lipinski definition) is 5. The number of nitrogens with one attached hydrogen (secondary N) is 1. The lowest BCUT2D eigenvalue weighted by atomic mass is 9.84. The molecule has 0 amide bonds. The standard InChI is InChI=1S/C13H17N5O/c1-4-18(10(1)9-2-5-19-6-3-9)13-11-12(15-7-14-11)16-8-17-13/h7-10H,1-6H2,(H,14,15,16,17). The Hall–Kier alpha value is -1.69. The van der Waals surface area contributed by atoms with Crippen LogP contribution in [0.4, 0.5) is 5.82 Å². The number of anilines is 1. The first kappa shape index (κ1) is 11.2. The molecular weight excluding hydrogens is 242 g/mol. The summed E-state index contributed by atoms with van der Waals surface area (Å²) in [5.41, 5.74) is 1.71. The molecule has 6 heteroatoms. The third-order valence-electron chi connectivity index (χ3n) is 4.35. The molecular formula is C13H17N5O. The summed E-state index contributed by atoms with van der Waals surface area (Å²) in [7, 11) is 0. The van der Waals surface area contributed by atoms with Crippen LogP contribution >= 0.6 is 0 Å². The fourth-order valence-corrected chi connectivity index (χ4v) is 3.23. The normalized spacial score (nSPS) is 24.6. The Bertz CT molecular complexity index is 577. The van der Waals surface area contributed by atoms with Crippen LogP contribution in [-0.2, 0) is 4.74 Å². The van der Waals surface area contributed by atoms with Crippen LogP contribution in [0.25, 0.3) is 11.2 Å². The Labute approximate surface area is 111 Å². The molecule has 6 nitrogen and oxygen atoms in total. The van der Waals surface area contributed by atoms with Crippen LogP contribution in [0, 0.1) is 5.92 Å². The molecule has 2 aliphatic heterocycles. The van der Waals surface area contributed by atoms with Crippen LogP contribution in [-0.4, -0.2) is 45.7 Å². The summed E-state index contributed by atoms with van der Waals surface area (Å²) < 4.78 is 5.46. The minimum Gasteiger partial charge on any atom is -0.381 e. The van der Waals surface area contributed by atoms with Gasteiger partial charge in [0.1, 0.15) is 11.8 Å². The number of hydrogen-bond donors (Lipinski definition) is 1. The number of nitrogens with zero attached hydrogens (tertiary/aromatic N) is 4. The minimum atomic E-state index is 0.602. The van der Waals surface area contributed by atoms with Crippen LogP contribution in [0.15, 0.2) is 12.7 Å². The number of imidazole rings is 1. The van der Waals surface area contributed by atoms with Gasteiger partial charge in [-0.2, -0.15) is 0 Å². The zero-order valence-corrected chi connectivity index (χ0v) is 10.7. The van der Waals surface area contributed by atoms with Crippen molar-refractivity contribution in [3.05, 3.63) is 12.7 Å². The maximum atomic E-state index is 5.46. The van der Waals surface area contributed by atoms with Gasteiger partial charge in [0.2, 0.25) is 0 Å². The average molecular weight is 259 g/mol. The molecule has 1 atom stereocenters. The Morgan fingerprint density at radius 2 is 2.05 bits per heavy atom. The van der Waals surface area contributed by atoms with Gasteiger partial charge in [-0.15, -0.1) is 0 Å². The van der Waals surface area contributed by atoms with E-state index >= 15 is 0 Å². The van der Waals surface area contributed by atoms with Gasteiger partial charge in [-0.1, -0.05) is 0 Å². The van der Waals surface area contributed by atoms with E-state index in [-0.39, 0.29) is 0 Å². The summed E-state index contributed by atoms with van der Waals surface area (Å²) in [6, 6.07) is 0.602. The Morgan fingerprint density at radius 3 is 2.84 bits per heavy atom. The van der Waals surface area contributed by atoms with Crippen molar-refractivity contribution in [2.24, 2.45) is 5.92 Å². The molecule has 0 aliphatic carbocycles. The van der Waals surface area contributed by atoms with Crippen molar-refractivity contribution in [1.82, 2.24) is 19.9 Å². The first-order valence-electron chi connectivity index (χ1n) is 6.92. The average Bonchev–Trinajstić information content (AvgIpc) is 2.88. The third-order valence-corrected chi connectivity index (χ3v) is 4.35. The van der Waals surface area contributed by atoms with Crippen molar-refractivity contribution in [3.8, 4) is 0 Å². The minimum absolute atomic E-state index is 0.602. The van der Waals surface area contributed by atoms with E-state index in [9.17, 15) is 0 Å². The number of aromatic amines is 1. The van der Waals surface area contributed by atoms with Gasteiger partial charge in [0.05, 0.1) is 6.33 Å². The molecule has 2 saturated heterocycles. The van der Waals surface area contributed by atoms with Crippen LogP contribution in [0.1, 0.15) is 19.3 Å². The predicted octanol–water partition coefficient (Wildman–Crippen LogP) is 1.36. The van der Waals surface area contributed by atoms with E-state index < -0.39 is 0 Å². The van der Waals surface area contributed by atoms with Gasteiger partial charge >= 0.3 is 0 Å². The van der Waals surface area contributed by atoms with Gasteiger partial charge in [0.25, 0.3) is 0 Å². The number of ether oxygens (including phenoxy) is 1. The van der Waals surface area contributed by atoms with E-state index in [0.717, 1.165) is 42.7 Å². The fourth-order valence-electron chi connectivity index (χ4n) is 3.23. The second-order valence-electron chi connectivity index (χ2n) is 5.30. The van der Waals surface area contributed by atoms with Crippen molar-refractivity contribution in [2.45, 2.75) is 25.3 Å². The van der Waals surface area contributed by atoms with E-state index in [4.69, 9.17) is 4.74 Å². The molecule has 0 aromatic carbocycles. The molecule has 4 rings (SSSR count). The summed E-state index contributed by atoms with van der Waals surface area (Å²) >= 11 is 0. The molecule has 2 aromatic rings. The fraction of sp³-hybridized carbons (Fsp3) is 0.615. The van der Waals surface area contributed by atoms with Gasteiger partial charge in [-0.3, -0.25) is 0 Å². The molecule has 0 saturated carbocycles. The van der Waals surface area contributed by atoms with Gasteiger partial charge in [-0.25, -0.2) is 15.0 Å². The van der Waals surface area contributed by atoms with Crippen LogP contribution in [0.5, 0.6) is 0 Å². The highest BCUT2D eigenvalue weighted by molar-refractivity contribution is 5.83. The zero-order valence-electron chi connectivity index (χ0n) is 10.7. The maximum absolute atomic E-state index is 5.46. The highest BCUT2D eigenvalue weighted by Crippen LogP contribution is 2.36. The smallest absolute Gasteiger partial charge is 0.182 e. The Morgan fingerprint density at radius 1 is 1.16 bits per heavy atom. The molecule has 2 aromatic heterocycles. The van der Waals surface area contributed by atoms with Crippen molar-refractivity contribution in [2.75, 3.05) is 24.7 Å². The van der Waals surface area contributed by atoms with Crippen molar-refractivity contribution in [1.29, 1.82) is 0 Å². The van der Waals surface area contributed by atoms with Crippen molar-refractivity contribution in [3.63, 3.8) is 0 Å². The molecule has 1 unspecified atom stereocenters. The number of rotatable bonds is 2. The SMILES string of the molecule is c1nc(N2CCC2C2CCOCC2)c2[nH]cnc2n1. The second kappa shape index (κ2) is 4.45. The third kappa shape index (κ3) is 1.78. The number of aromatic nitrogens is 4. The summed E-state index contributed by atoms with van der Waals surface area (Å²) in [6.07, 6.45) is 6.88. The molecule has 100 valence electrons. The molecule has 0 bridgehead atoms. The lowest BCUT2D eigenvalue weighted by Gasteiger charge is -2.47. The Kier molecular flexibility index (Phi) is 2.61. The van der Waals surface area contributed by atoms with E-state index in [1.807, 2.05) is 0 Å². The molecule has 19 heavy (non-hydrogen) atoms. The molecule has 0 radical (unpaired) electrons. The first-order valence-corrected chi connectivity index (χ1v) is 6.92. The predicted molar refractivity (Wildman–Crippen MR) is 71.0 cm³/mol. The highest BCUT2D eigenvalue weighted by atomic mass is 16.5. The molecule has 4 heterocycles. The molecule has 2 fully saturated rings. The number of H-pyrrole nitrogens is 1. The van der Waals surface area contributed by atoms with Gasteiger partial charge in [0, 0.05) is 25.8 Å². The lowest BCUT2D eigenvalue weighted by Crippen LogP contribution is -2.53. The van der Waals surface area contributed by atoms with E-state index in [0.29, 0.717) is 6.04 Å². The van der Waals surface area contributed by atoms with Crippen molar-refractivity contribution < 1.29 is 4.74 Å². The molecule has 2 aliphatic rings. The largest absolute Gasteiger partial charge is 0.381 e. The number of fused-ring (bicyclic) bond motifs is 1. The van der Waals surface area contributed by atoms with E-state index in [1.165, 1.54) is 19.3 Å². The van der Waals surface area contributed by atoms with Crippen molar-refractivity contribution >= 4 is 17.0 Å². The summed E-state index contributed by atoms with van der Waals surface area (Å²) in [6.45, 7) is 2.88. The summed E-state index contributed by atoms with van der Waals surface area (Å²) in [5, 5.41) is 0. The van der Waals surface area contributed by atoms with E-state index in [2.05, 4.69) is 24.8 Å². The van der Waals surface area contributed by atoms with Gasteiger partial charge < -0.3 is 14.6 Å². The Balaban J connectivity index is 1.63. The van der Waals surface area contributed by atoms with Crippen LogP contribution < -0.4 is 4.90 Å². The van der Waals surface area contributed by atoms with Crippen LogP contribution in [0.2, 0.25) is 0 Å². The monoisotopic (exact) mass is 259 g/mol. The van der Waals surface area contributed by atoms with Gasteiger partial charge in [-0.05, 0) is 25.2 Å². The quantitative estimate of drug-likeness (QED) is 0.882. The first-order chi connectivity index (χ1) is 9.43. The molecule has 0 spiro atoms.